The highest BCUT2D eigenvalue weighted by Crippen LogP contribution is 2.25. The third kappa shape index (κ3) is 3.48. The molecule has 1 amide bonds. The molecular weight excluding hydrogens is 279 g/mol. The van der Waals surface area contributed by atoms with Gasteiger partial charge in [0.05, 0.1) is 11.7 Å². The van der Waals surface area contributed by atoms with E-state index in [1.54, 1.807) is 32.2 Å². The zero-order chi connectivity index (χ0) is 11.4. The number of halogens is 2. The van der Waals surface area contributed by atoms with Gasteiger partial charge in [-0.15, -0.1) is 0 Å². The Morgan fingerprint density at radius 1 is 1.53 bits per heavy atom. The average Bonchev–Trinajstić information content (AvgIpc) is 2.22. The highest BCUT2D eigenvalue weighted by molar-refractivity contribution is 9.10. The number of nitrogens with one attached hydrogen (secondary N) is 2. The predicted octanol–water partition coefficient (Wildman–Crippen LogP) is 2.65. The standard InChI is InChI=1S/C10H12BrClN2O/c1-6(13-2)10(15)14-9-5-7(12)3-4-8(9)11/h3-6,13H,1-2H3,(H,14,15). The van der Waals surface area contributed by atoms with Crippen molar-refractivity contribution in [3.63, 3.8) is 0 Å². The first kappa shape index (κ1) is 12.5. The van der Waals surface area contributed by atoms with Crippen LogP contribution < -0.4 is 10.6 Å². The van der Waals surface area contributed by atoms with E-state index in [-0.39, 0.29) is 11.9 Å². The van der Waals surface area contributed by atoms with Gasteiger partial charge >= 0.3 is 0 Å². The fraction of sp³-hybridized carbons (Fsp3) is 0.300. The molecule has 1 aromatic rings. The van der Waals surface area contributed by atoms with Crippen molar-refractivity contribution >= 4 is 39.1 Å². The number of benzene rings is 1. The van der Waals surface area contributed by atoms with Gasteiger partial charge in [-0.2, -0.15) is 0 Å². The summed E-state index contributed by atoms with van der Waals surface area (Å²) in [6, 6.07) is 5.01. The van der Waals surface area contributed by atoms with Crippen LogP contribution in [0.3, 0.4) is 0 Å². The molecule has 1 aromatic carbocycles. The van der Waals surface area contributed by atoms with E-state index in [0.29, 0.717) is 10.7 Å². The Kier molecular flexibility index (Phi) is 4.57. The number of hydrogen-bond donors (Lipinski definition) is 2. The minimum atomic E-state index is -0.240. The Morgan fingerprint density at radius 2 is 2.20 bits per heavy atom. The Bertz CT molecular complexity index is 370. The molecule has 1 rings (SSSR count). The number of anilines is 1. The van der Waals surface area contributed by atoms with Crippen molar-refractivity contribution in [1.82, 2.24) is 5.32 Å². The largest absolute Gasteiger partial charge is 0.324 e. The molecule has 3 nitrogen and oxygen atoms in total. The number of carbonyl (C=O) groups excluding carboxylic acids is 1. The second kappa shape index (κ2) is 5.49. The van der Waals surface area contributed by atoms with Crippen molar-refractivity contribution in [1.29, 1.82) is 0 Å². The highest BCUT2D eigenvalue weighted by Gasteiger charge is 2.11. The maximum atomic E-state index is 11.6. The van der Waals surface area contributed by atoms with Gasteiger partial charge in [0.1, 0.15) is 0 Å². The van der Waals surface area contributed by atoms with Gasteiger partial charge in [0, 0.05) is 9.50 Å². The van der Waals surface area contributed by atoms with E-state index in [9.17, 15) is 4.79 Å². The second-order valence-corrected chi connectivity index (χ2v) is 4.41. The molecule has 0 spiro atoms. The molecular formula is C10H12BrClN2O. The lowest BCUT2D eigenvalue weighted by atomic mass is 10.3. The van der Waals surface area contributed by atoms with E-state index in [1.807, 2.05) is 0 Å². The van der Waals surface area contributed by atoms with Gasteiger partial charge in [-0.25, -0.2) is 0 Å². The fourth-order valence-electron chi connectivity index (χ4n) is 0.965. The van der Waals surface area contributed by atoms with Gasteiger partial charge < -0.3 is 10.6 Å². The molecule has 15 heavy (non-hydrogen) atoms. The number of amides is 1. The lowest BCUT2D eigenvalue weighted by Crippen LogP contribution is -2.35. The van der Waals surface area contributed by atoms with Gasteiger partial charge in [0.15, 0.2) is 0 Å². The smallest absolute Gasteiger partial charge is 0.241 e. The number of carbonyl (C=O) groups is 1. The monoisotopic (exact) mass is 290 g/mol. The van der Waals surface area contributed by atoms with Crippen LogP contribution in [0.5, 0.6) is 0 Å². The van der Waals surface area contributed by atoms with E-state index in [0.717, 1.165) is 4.47 Å². The first-order chi connectivity index (χ1) is 7.04. The lowest BCUT2D eigenvalue weighted by Gasteiger charge is -2.12. The first-order valence-corrected chi connectivity index (χ1v) is 5.65. The van der Waals surface area contributed by atoms with Crippen LogP contribution in [0.15, 0.2) is 22.7 Å². The van der Waals surface area contributed by atoms with Crippen LogP contribution in [0.4, 0.5) is 5.69 Å². The van der Waals surface area contributed by atoms with Crippen LogP contribution >= 0.6 is 27.5 Å². The third-order valence-electron chi connectivity index (χ3n) is 2.01. The summed E-state index contributed by atoms with van der Waals surface area (Å²) in [6.07, 6.45) is 0. The Labute approximate surface area is 102 Å². The number of likely N-dealkylation sites (N-methyl/N-ethyl adjacent to an activating group) is 1. The summed E-state index contributed by atoms with van der Waals surface area (Å²) < 4.78 is 0.809. The maximum absolute atomic E-state index is 11.6. The minimum absolute atomic E-state index is 0.0968. The van der Waals surface area contributed by atoms with Gasteiger partial charge in [0.2, 0.25) is 5.91 Å². The van der Waals surface area contributed by atoms with Crippen LogP contribution in [0.25, 0.3) is 0 Å². The first-order valence-electron chi connectivity index (χ1n) is 4.47. The average molecular weight is 292 g/mol. The van der Waals surface area contributed by atoms with Crippen molar-refractivity contribution in [3.05, 3.63) is 27.7 Å². The van der Waals surface area contributed by atoms with E-state index in [4.69, 9.17) is 11.6 Å². The van der Waals surface area contributed by atoms with Crippen LogP contribution in [0.2, 0.25) is 5.02 Å². The molecule has 2 N–H and O–H groups in total. The maximum Gasteiger partial charge on any atom is 0.241 e. The number of hydrogen-bond acceptors (Lipinski definition) is 2. The molecule has 0 heterocycles. The molecule has 0 aliphatic heterocycles. The van der Waals surface area contributed by atoms with Crippen molar-refractivity contribution < 1.29 is 4.79 Å². The van der Waals surface area contributed by atoms with Crippen molar-refractivity contribution in [3.8, 4) is 0 Å². The summed E-state index contributed by atoms with van der Waals surface area (Å²) in [5.41, 5.74) is 0.676. The molecule has 0 bridgehead atoms. The predicted molar refractivity (Wildman–Crippen MR) is 66.3 cm³/mol. The van der Waals surface area contributed by atoms with Gasteiger partial charge in [-0.1, -0.05) is 11.6 Å². The Balaban J connectivity index is 2.80. The molecule has 0 saturated heterocycles. The highest BCUT2D eigenvalue weighted by atomic mass is 79.9. The van der Waals surface area contributed by atoms with E-state index < -0.39 is 0 Å². The Hall–Kier alpha value is -0.580. The van der Waals surface area contributed by atoms with Crippen molar-refractivity contribution in [2.75, 3.05) is 12.4 Å². The summed E-state index contributed by atoms with van der Waals surface area (Å²) in [4.78, 5) is 11.6. The molecule has 1 unspecified atom stereocenters. The van der Waals surface area contributed by atoms with E-state index >= 15 is 0 Å². The second-order valence-electron chi connectivity index (χ2n) is 3.12. The van der Waals surface area contributed by atoms with Crippen molar-refractivity contribution in [2.24, 2.45) is 0 Å². The Morgan fingerprint density at radius 3 is 2.80 bits per heavy atom. The zero-order valence-corrected chi connectivity index (χ0v) is 10.8. The quantitative estimate of drug-likeness (QED) is 0.899. The summed E-state index contributed by atoms with van der Waals surface area (Å²) in [6.45, 7) is 1.79. The fourth-order valence-corrected chi connectivity index (χ4v) is 1.48. The van der Waals surface area contributed by atoms with E-state index in [2.05, 4.69) is 26.6 Å². The SMILES string of the molecule is CNC(C)C(=O)Nc1cc(Cl)ccc1Br. The molecule has 1 atom stereocenters. The zero-order valence-electron chi connectivity index (χ0n) is 8.47. The topological polar surface area (TPSA) is 41.1 Å². The van der Waals surface area contributed by atoms with E-state index in [1.165, 1.54) is 0 Å². The summed E-state index contributed by atoms with van der Waals surface area (Å²) in [7, 11) is 1.73. The van der Waals surface area contributed by atoms with Gasteiger partial charge in [-0.3, -0.25) is 4.79 Å². The molecule has 5 heteroatoms. The summed E-state index contributed by atoms with van der Waals surface area (Å²) >= 11 is 9.16. The third-order valence-corrected chi connectivity index (χ3v) is 2.94. The molecule has 82 valence electrons. The number of rotatable bonds is 3. The summed E-state index contributed by atoms with van der Waals surface area (Å²) in [5.74, 6) is -0.0968. The van der Waals surface area contributed by atoms with Gasteiger partial charge in [0.25, 0.3) is 0 Å². The van der Waals surface area contributed by atoms with Crippen LogP contribution in [0.1, 0.15) is 6.92 Å². The summed E-state index contributed by atoms with van der Waals surface area (Å²) in [5, 5.41) is 6.22. The lowest BCUT2D eigenvalue weighted by molar-refractivity contribution is -0.117. The normalized spacial score (nSPS) is 12.3. The minimum Gasteiger partial charge on any atom is -0.324 e. The van der Waals surface area contributed by atoms with Crippen LogP contribution in [-0.2, 0) is 4.79 Å². The van der Waals surface area contributed by atoms with Crippen molar-refractivity contribution in [2.45, 2.75) is 13.0 Å². The molecule has 0 saturated carbocycles. The molecule has 0 aromatic heterocycles. The molecule has 0 aliphatic rings. The molecule has 0 radical (unpaired) electrons. The molecule has 0 fully saturated rings. The van der Waals surface area contributed by atoms with Crippen LogP contribution in [-0.4, -0.2) is 19.0 Å². The van der Waals surface area contributed by atoms with Gasteiger partial charge in [-0.05, 0) is 48.1 Å². The van der Waals surface area contributed by atoms with Crippen LogP contribution in [0, 0.1) is 0 Å². The molecule has 0 aliphatic carbocycles.